The molecule has 0 saturated heterocycles. The number of carbonyl (C=O) groups is 1. The van der Waals surface area contributed by atoms with Gasteiger partial charge in [-0.1, -0.05) is 16.6 Å². The van der Waals surface area contributed by atoms with Crippen LogP contribution in [-0.2, 0) is 20.7 Å². The minimum Gasteiger partial charge on any atom is -0.497 e. The van der Waals surface area contributed by atoms with Crippen LogP contribution < -0.4 is 10.1 Å². The molecule has 1 aromatic carbocycles. The van der Waals surface area contributed by atoms with Crippen molar-refractivity contribution >= 4 is 34.8 Å². The normalized spacial score (nSPS) is 16.4. The number of allylic oxidation sites excluding steroid dienone is 1. The van der Waals surface area contributed by atoms with E-state index in [4.69, 9.17) is 26.4 Å². The number of thiocarbonyl (C=S) groups is 1. The van der Waals surface area contributed by atoms with Gasteiger partial charge in [-0.15, -0.1) is 5.10 Å². The van der Waals surface area contributed by atoms with Gasteiger partial charge in [-0.05, 0) is 54.8 Å². The summed E-state index contributed by atoms with van der Waals surface area (Å²) in [6, 6.07) is 7.39. The van der Waals surface area contributed by atoms with Gasteiger partial charge in [0, 0.05) is 24.7 Å². The van der Waals surface area contributed by atoms with Crippen LogP contribution in [0, 0.1) is 0 Å². The smallest absolute Gasteiger partial charge is 0.338 e. The molecule has 1 atom stereocenters. The standard InChI is InChI=1S/C20H24N4O4S2/c1-13-17(19(25)28-11-10-26-2)18(16-12-30-23-22-16)21-20(29)24(13)9-8-14-4-6-15(27-3)7-5-14/h4-7,12,18H,8-11H2,1-3H3,(H,21,29). The molecule has 8 nitrogen and oxygen atoms in total. The second kappa shape index (κ2) is 10.5. The van der Waals surface area contributed by atoms with Crippen molar-refractivity contribution in [3.8, 4) is 5.75 Å². The van der Waals surface area contributed by atoms with Crippen molar-refractivity contribution in [3.63, 3.8) is 0 Å². The Morgan fingerprint density at radius 2 is 2.03 bits per heavy atom. The van der Waals surface area contributed by atoms with Crippen molar-refractivity contribution in [1.82, 2.24) is 19.8 Å². The number of nitrogens with zero attached hydrogens (tertiary/aromatic N) is 3. The summed E-state index contributed by atoms with van der Waals surface area (Å²) in [7, 11) is 3.20. The fourth-order valence-corrected chi connectivity index (χ4v) is 3.99. The summed E-state index contributed by atoms with van der Waals surface area (Å²) in [6.07, 6.45) is 0.748. The van der Waals surface area contributed by atoms with E-state index in [1.807, 2.05) is 36.1 Å². The van der Waals surface area contributed by atoms with Gasteiger partial charge in [-0.25, -0.2) is 4.79 Å². The number of benzene rings is 1. The molecule has 0 fully saturated rings. The van der Waals surface area contributed by atoms with Crippen LogP contribution in [0.25, 0.3) is 0 Å². The van der Waals surface area contributed by atoms with Crippen LogP contribution in [0.2, 0.25) is 0 Å². The summed E-state index contributed by atoms with van der Waals surface area (Å²) >= 11 is 6.82. The zero-order valence-corrected chi connectivity index (χ0v) is 18.7. The van der Waals surface area contributed by atoms with Gasteiger partial charge in [0.15, 0.2) is 5.11 Å². The molecular formula is C20H24N4O4S2. The summed E-state index contributed by atoms with van der Waals surface area (Å²) in [5.74, 6) is 0.387. The number of hydrogen-bond donors (Lipinski definition) is 1. The molecule has 1 aliphatic rings. The molecule has 2 aromatic rings. The molecule has 0 spiro atoms. The van der Waals surface area contributed by atoms with E-state index >= 15 is 0 Å². The highest BCUT2D eigenvalue weighted by Gasteiger charge is 2.36. The maximum Gasteiger partial charge on any atom is 0.338 e. The fourth-order valence-electron chi connectivity index (χ4n) is 3.16. The van der Waals surface area contributed by atoms with Gasteiger partial charge < -0.3 is 24.4 Å². The number of methoxy groups -OCH3 is 2. The largest absolute Gasteiger partial charge is 0.497 e. The Morgan fingerprint density at radius 3 is 2.67 bits per heavy atom. The van der Waals surface area contributed by atoms with Crippen LogP contribution in [0.5, 0.6) is 5.75 Å². The number of nitrogens with one attached hydrogen (secondary N) is 1. The molecule has 0 radical (unpaired) electrons. The molecular weight excluding hydrogens is 424 g/mol. The average molecular weight is 449 g/mol. The van der Waals surface area contributed by atoms with E-state index in [2.05, 4.69) is 14.9 Å². The Morgan fingerprint density at radius 1 is 1.27 bits per heavy atom. The monoisotopic (exact) mass is 448 g/mol. The van der Waals surface area contributed by atoms with Crippen LogP contribution in [0.4, 0.5) is 0 Å². The second-order valence-corrected chi connectivity index (χ2v) is 7.59. The molecule has 0 amide bonds. The minimum atomic E-state index is -0.497. The molecule has 1 unspecified atom stereocenters. The van der Waals surface area contributed by atoms with Crippen LogP contribution in [0.15, 0.2) is 40.9 Å². The van der Waals surface area contributed by atoms with E-state index in [0.717, 1.165) is 23.4 Å². The summed E-state index contributed by atoms with van der Waals surface area (Å²) in [4.78, 5) is 14.8. The Hall–Kier alpha value is -2.56. The molecule has 1 aliphatic heterocycles. The predicted octanol–water partition coefficient (Wildman–Crippen LogP) is 2.48. The highest BCUT2D eigenvalue weighted by atomic mass is 32.1. The molecule has 30 heavy (non-hydrogen) atoms. The van der Waals surface area contributed by atoms with Crippen molar-refractivity contribution in [3.05, 3.63) is 52.2 Å². The maximum absolute atomic E-state index is 12.9. The number of esters is 1. The topological polar surface area (TPSA) is 85.8 Å². The summed E-state index contributed by atoms with van der Waals surface area (Å²) in [5, 5.41) is 9.68. The lowest BCUT2D eigenvalue weighted by molar-refractivity contribution is -0.140. The highest BCUT2D eigenvalue weighted by molar-refractivity contribution is 7.80. The minimum absolute atomic E-state index is 0.171. The number of rotatable bonds is 9. The summed E-state index contributed by atoms with van der Waals surface area (Å²) in [6.45, 7) is 2.99. The Balaban J connectivity index is 1.83. The summed E-state index contributed by atoms with van der Waals surface area (Å²) < 4.78 is 19.5. The highest BCUT2D eigenvalue weighted by Crippen LogP contribution is 2.31. The Bertz CT molecular complexity index is 900. The first kappa shape index (κ1) is 22.1. The van der Waals surface area contributed by atoms with Gasteiger partial charge in [0.2, 0.25) is 0 Å². The number of hydrogen-bond acceptors (Lipinski definition) is 8. The molecule has 2 heterocycles. The quantitative estimate of drug-likeness (QED) is 0.353. The van der Waals surface area contributed by atoms with Gasteiger partial charge >= 0.3 is 5.97 Å². The van der Waals surface area contributed by atoms with Crippen molar-refractivity contribution in [2.24, 2.45) is 0 Å². The first-order valence-corrected chi connectivity index (χ1v) is 10.6. The molecule has 160 valence electrons. The third kappa shape index (κ3) is 5.13. The van der Waals surface area contributed by atoms with Gasteiger partial charge in [0.05, 0.1) is 19.3 Å². The van der Waals surface area contributed by atoms with Crippen LogP contribution in [0.1, 0.15) is 24.2 Å². The molecule has 0 bridgehead atoms. The zero-order chi connectivity index (χ0) is 21.5. The average Bonchev–Trinajstić information content (AvgIpc) is 3.28. The molecule has 1 aromatic heterocycles. The molecule has 3 rings (SSSR count). The number of ether oxygens (including phenoxy) is 3. The van der Waals surface area contributed by atoms with Gasteiger partial charge in [-0.3, -0.25) is 0 Å². The fraction of sp³-hybridized carbons (Fsp3) is 0.400. The Labute approximate surface area is 185 Å². The van der Waals surface area contributed by atoms with Crippen molar-refractivity contribution in [1.29, 1.82) is 0 Å². The van der Waals surface area contributed by atoms with Crippen molar-refractivity contribution < 1.29 is 19.0 Å². The lowest BCUT2D eigenvalue weighted by atomic mass is 9.99. The van der Waals surface area contributed by atoms with E-state index in [9.17, 15) is 4.79 Å². The maximum atomic E-state index is 12.9. The van der Waals surface area contributed by atoms with Crippen molar-refractivity contribution in [2.45, 2.75) is 19.4 Å². The van der Waals surface area contributed by atoms with Crippen LogP contribution in [0.3, 0.4) is 0 Å². The third-order valence-corrected chi connectivity index (χ3v) is 5.65. The van der Waals surface area contributed by atoms with E-state index < -0.39 is 12.0 Å². The number of aromatic nitrogens is 2. The SMILES string of the molecule is COCCOC(=O)C1=C(C)N(CCc2ccc(OC)cc2)C(=S)NC1c1csnn1. The first-order chi connectivity index (χ1) is 14.5. The van der Waals surface area contributed by atoms with Gasteiger partial charge in [-0.2, -0.15) is 0 Å². The molecule has 1 N–H and O–H groups in total. The lowest BCUT2D eigenvalue weighted by Gasteiger charge is -2.36. The van der Waals surface area contributed by atoms with Crippen LogP contribution in [-0.4, -0.2) is 59.5 Å². The third-order valence-electron chi connectivity index (χ3n) is 4.79. The first-order valence-electron chi connectivity index (χ1n) is 9.40. The number of carbonyl (C=O) groups excluding carboxylic acids is 1. The van der Waals surface area contributed by atoms with Gasteiger partial charge in [0.25, 0.3) is 0 Å². The van der Waals surface area contributed by atoms with Gasteiger partial charge in [0.1, 0.15) is 24.1 Å². The van der Waals surface area contributed by atoms with Crippen LogP contribution >= 0.6 is 23.8 Å². The summed E-state index contributed by atoms with van der Waals surface area (Å²) in [5.41, 5.74) is 2.99. The van der Waals surface area contributed by atoms with E-state index in [1.165, 1.54) is 11.5 Å². The Kier molecular flexibility index (Phi) is 7.72. The van der Waals surface area contributed by atoms with Crippen molar-refractivity contribution in [2.75, 3.05) is 34.0 Å². The lowest BCUT2D eigenvalue weighted by Crippen LogP contribution is -2.48. The van der Waals surface area contributed by atoms with E-state index in [1.54, 1.807) is 19.6 Å². The molecule has 0 aliphatic carbocycles. The molecule has 0 saturated carbocycles. The van der Waals surface area contributed by atoms with E-state index in [0.29, 0.717) is 29.5 Å². The zero-order valence-electron chi connectivity index (χ0n) is 17.1. The molecule has 10 heteroatoms. The van der Waals surface area contributed by atoms with E-state index in [-0.39, 0.29) is 6.61 Å². The predicted molar refractivity (Wildman–Crippen MR) is 117 cm³/mol. The second-order valence-electron chi connectivity index (χ2n) is 6.59.